The van der Waals surface area contributed by atoms with E-state index in [1.54, 1.807) is 4.90 Å². The van der Waals surface area contributed by atoms with Gasteiger partial charge in [-0.05, 0) is 25.7 Å². The molecule has 2 aromatic rings. The van der Waals surface area contributed by atoms with Gasteiger partial charge in [-0.15, -0.1) is 0 Å². The van der Waals surface area contributed by atoms with Gasteiger partial charge in [-0.2, -0.15) is 4.98 Å². The van der Waals surface area contributed by atoms with Crippen LogP contribution in [-0.4, -0.2) is 40.0 Å². The Balaban J connectivity index is 1.58. The first-order chi connectivity index (χ1) is 14.3. The number of piperidine rings is 1. The summed E-state index contributed by atoms with van der Waals surface area (Å²) in [5.74, 6) is 0.624. The lowest BCUT2D eigenvalue weighted by Gasteiger charge is -2.30. The number of rotatable bonds is 7. The summed E-state index contributed by atoms with van der Waals surface area (Å²) in [7, 11) is 0. The minimum atomic E-state index is -0.896. The van der Waals surface area contributed by atoms with Crippen LogP contribution in [0.3, 0.4) is 0 Å². The Kier molecular flexibility index (Phi) is 7.24. The van der Waals surface area contributed by atoms with Crippen molar-refractivity contribution in [2.24, 2.45) is 0 Å². The molecule has 30 heavy (non-hydrogen) atoms. The number of ether oxygens (including phenoxy) is 1. The molecule has 1 atom stereocenters. The van der Waals surface area contributed by atoms with Gasteiger partial charge in [0.15, 0.2) is 5.82 Å². The maximum atomic E-state index is 13.0. The van der Waals surface area contributed by atoms with Gasteiger partial charge in [0.05, 0.1) is 0 Å². The second-order valence-electron chi connectivity index (χ2n) is 8.78. The van der Waals surface area contributed by atoms with E-state index in [-0.39, 0.29) is 17.7 Å². The zero-order valence-corrected chi connectivity index (χ0v) is 18.1. The monoisotopic (exact) mass is 413 g/mol. The summed E-state index contributed by atoms with van der Waals surface area (Å²) in [5, 5.41) is 4.00. The van der Waals surface area contributed by atoms with Crippen molar-refractivity contribution in [3.8, 4) is 0 Å². The molecule has 1 fully saturated rings. The number of nitrogens with zero attached hydrogens (tertiary/aromatic N) is 3. The molecule has 1 unspecified atom stereocenters. The number of esters is 1. The van der Waals surface area contributed by atoms with Crippen molar-refractivity contribution >= 4 is 11.9 Å². The van der Waals surface area contributed by atoms with Crippen LogP contribution in [0.2, 0.25) is 0 Å². The Hall–Kier alpha value is -2.70. The summed E-state index contributed by atoms with van der Waals surface area (Å²) in [5.41, 5.74) is 0.520. The normalized spacial score (nSPS) is 15.6. The van der Waals surface area contributed by atoms with Crippen molar-refractivity contribution in [1.82, 2.24) is 15.0 Å². The van der Waals surface area contributed by atoms with E-state index >= 15 is 0 Å². The van der Waals surface area contributed by atoms with Crippen LogP contribution in [-0.2, 0) is 26.2 Å². The fourth-order valence-electron chi connectivity index (χ4n) is 3.40. The van der Waals surface area contributed by atoms with Crippen molar-refractivity contribution in [2.45, 2.75) is 70.8 Å². The number of amides is 1. The number of aryl methyl sites for hydroxylation is 1. The second kappa shape index (κ2) is 9.87. The Morgan fingerprint density at radius 1 is 1.13 bits per heavy atom. The molecule has 0 spiro atoms. The van der Waals surface area contributed by atoms with Gasteiger partial charge >= 0.3 is 5.97 Å². The number of benzene rings is 1. The summed E-state index contributed by atoms with van der Waals surface area (Å²) >= 11 is 0. The first kappa shape index (κ1) is 22.0. The molecule has 1 aliphatic heterocycles. The molecule has 0 aliphatic carbocycles. The van der Waals surface area contributed by atoms with E-state index in [0.29, 0.717) is 43.2 Å². The van der Waals surface area contributed by atoms with Gasteiger partial charge in [0, 0.05) is 36.9 Å². The summed E-state index contributed by atoms with van der Waals surface area (Å²) in [6.45, 7) is 7.48. The Bertz CT molecular complexity index is 836. The van der Waals surface area contributed by atoms with Crippen LogP contribution >= 0.6 is 0 Å². The quantitative estimate of drug-likeness (QED) is 0.638. The number of carbonyl (C=O) groups excluding carboxylic acids is 2. The molecule has 2 heterocycles. The number of carbonyl (C=O) groups is 2. The standard InChI is InChI=1S/C23H31N3O4/c1-23(2,3)22-24-18(30-25-22)13-10-14-19(27)29-20(17-11-6-4-7-12-17)21(28)26-15-8-5-9-16-26/h4,6-7,11-12,20H,5,8-10,13-16H2,1-3H3. The fraction of sp³-hybridized carbons (Fsp3) is 0.565. The van der Waals surface area contributed by atoms with Gasteiger partial charge in [-0.3, -0.25) is 9.59 Å². The first-order valence-corrected chi connectivity index (χ1v) is 10.7. The number of hydrogen-bond donors (Lipinski definition) is 0. The molecule has 1 aromatic heterocycles. The number of likely N-dealkylation sites (tertiary alicyclic amines) is 1. The Labute approximate surface area is 177 Å². The molecule has 0 N–H and O–H groups in total. The molecule has 1 saturated heterocycles. The summed E-state index contributed by atoms with van der Waals surface area (Å²) < 4.78 is 10.9. The molecule has 7 nitrogen and oxygen atoms in total. The Morgan fingerprint density at radius 3 is 2.47 bits per heavy atom. The molecule has 3 rings (SSSR count). The van der Waals surface area contributed by atoms with Crippen molar-refractivity contribution in [2.75, 3.05) is 13.1 Å². The molecular weight excluding hydrogens is 382 g/mol. The highest BCUT2D eigenvalue weighted by atomic mass is 16.5. The molecule has 0 radical (unpaired) electrons. The molecule has 0 saturated carbocycles. The second-order valence-corrected chi connectivity index (χ2v) is 8.78. The van der Waals surface area contributed by atoms with Gasteiger partial charge in [0.25, 0.3) is 5.91 Å². The lowest BCUT2D eigenvalue weighted by Crippen LogP contribution is -2.40. The number of aromatic nitrogens is 2. The molecule has 162 valence electrons. The lowest BCUT2D eigenvalue weighted by molar-refractivity contribution is -0.161. The minimum absolute atomic E-state index is 0.138. The largest absolute Gasteiger partial charge is 0.447 e. The Morgan fingerprint density at radius 2 is 1.83 bits per heavy atom. The fourth-order valence-corrected chi connectivity index (χ4v) is 3.40. The number of hydrogen-bond acceptors (Lipinski definition) is 6. The SMILES string of the molecule is CC(C)(C)c1noc(CCCC(=O)OC(C(=O)N2CCCCC2)c2ccccc2)n1. The average molecular weight is 414 g/mol. The van der Waals surface area contributed by atoms with Crippen LogP contribution in [0.4, 0.5) is 0 Å². The first-order valence-electron chi connectivity index (χ1n) is 10.7. The summed E-state index contributed by atoms with van der Waals surface area (Å²) in [6.07, 6.45) is 3.41. The maximum Gasteiger partial charge on any atom is 0.306 e. The highest BCUT2D eigenvalue weighted by Crippen LogP contribution is 2.24. The smallest absolute Gasteiger partial charge is 0.306 e. The van der Waals surface area contributed by atoms with E-state index in [9.17, 15) is 9.59 Å². The molecule has 1 aliphatic rings. The zero-order chi connectivity index (χ0) is 21.6. The van der Waals surface area contributed by atoms with Gasteiger partial charge in [0.2, 0.25) is 12.0 Å². The van der Waals surface area contributed by atoms with E-state index in [1.165, 1.54) is 0 Å². The van der Waals surface area contributed by atoms with Gasteiger partial charge < -0.3 is 14.2 Å². The highest BCUT2D eigenvalue weighted by molar-refractivity contribution is 5.85. The third-order valence-corrected chi connectivity index (χ3v) is 5.15. The predicted octanol–water partition coefficient (Wildman–Crippen LogP) is 3.99. The van der Waals surface area contributed by atoms with Gasteiger partial charge in [0.1, 0.15) is 0 Å². The van der Waals surface area contributed by atoms with Crippen molar-refractivity contribution in [1.29, 1.82) is 0 Å². The summed E-state index contributed by atoms with van der Waals surface area (Å²) in [6, 6.07) is 9.23. The van der Waals surface area contributed by atoms with E-state index in [2.05, 4.69) is 10.1 Å². The molecule has 1 amide bonds. The van der Waals surface area contributed by atoms with Crippen LogP contribution in [0.25, 0.3) is 0 Å². The average Bonchev–Trinajstić information content (AvgIpc) is 3.22. The zero-order valence-electron chi connectivity index (χ0n) is 18.1. The van der Waals surface area contributed by atoms with Crippen LogP contribution in [0.5, 0.6) is 0 Å². The molecule has 7 heteroatoms. The molecule has 0 bridgehead atoms. The topological polar surface area (TPSA) is 85.5 Å². The van der Waals surface area contributed by atoms with Crippen LogP contribution in [0, 0.1) is 0 Å². The summed E-state index contributed by atoms with van der Waals surface area (Å²) in [4.78, 5) is 31.7. The van der Waals surface area contributed by atoms with Gasteiger partial charge in [-0.1, -0.05) is 56.3 Å². The van der Waals surface area contributed by atoms with Crippen LogP contribution in [0.1, 0.15) is 76.3 Å². The van der Waals surface area contributed by atoms with Crippen molar-refractivity contribution in [3.63, 3.8) is 0 Å². The lowest BCUT2D eigenvalue weighted by atomic mass is 9.96. The third kappa shape index (κ3) is 5.90. The third-order valence-electron chi connectivity index (χ3n) is 5.15. The van der Waals surface area contributed by atoms with Crippen molar-refractivity contribution in [3.05, 3.63) is 47.6 Å². The van der Waals surface area contributed by atoms with E-state index in [4.69, 9.17) is 9.26 Å². The maximum absolute atomic E-state index is 13.0. The molecule has 1 aromatic carbocycles. The van der Waals surface area contributed by atoms with Crippen molar-refractivity contribution < 1.29 is 18.8 Å². The highest BCUT2D eigenvalue weighted by Gasteiger charge is 2.30. The molecular formula is C23H31N3O4. The predicted molar refractivity (Wildman–Crippen MR) is 112 cm³/mol. The van der Waals surface area contributed by atoms with E-state index < -0.39 is 12.1 Å². The van der Waals surface area contributed by atoms with Gasteiger partial charge in [-0.25, -0.2) is 0 Å². The minimum Gasteiger partial charge on any atom is -0.447 e. The van der Waals surface area contributed by atoms with E-state index in [1.807, 2.05) is 51.1 Å². The van der Waals surface area contributed by atoms with E-state index in [0.717, 1.165) is 19.3 Å². The van der Waals surface area contributed by atoms with Crippen LogP contribution in [0.15, 0.2) is 34.9 Å². The van der Waals surface area contributed by atoms with Crippen LogP contribution < -0.4 is 0 Å².